The Morgan fingerprint density at radius 2 is 1.91 bits per heavy atom. The maximum atomic E-state index is 12.9. The van der Waals surface area contributed by atoms with Gasteiger partial charge in [-0.15, -0.1) is 0 Å². The van der Waals surface area contributed by atoms with Crippen molar-refractivity contribution in [1.29, 1.82) is 0 Å². The first-order valence-electron chi connectivity index (χ1n) is 8.04. The van der Waals surface area contributed by atoms with E-state index in [-0.39, 0.29) is 23.9 Å². The van der Waals surface area contributed by atoms with Gasteiger partial charge >= 0.3 is 12.0 Å². The molecule has 7 nitrogen and oxygen atoms in total. The Bertz CT molecular complexity index is 716. The lowest BCUT2D eigenvalue weighted by atomic mass is 10.1. The second-order valence-corrected chi connectivity index (χ2v) is 7.00. The highest BCUT2D eigenvalue weighted by molar-refractivity contribution is 6.19. The number of fused-ring (bicyclic) bond motifs is 3. The highest BCUT2D eigenvalue weighted by Gasteiger charge is 2.53. The molecule has 0 spiro atoms. The van der Waals surface area contributed by atoms with Crippen LogP contribution in [0, 0.1) is 12.8 Å². The first-order chi connectivity index (χ1) is 10.7. The van der Waals surface area contributed by atoms with E-state index in [1.165, 1.54) is 9.80 Å². The van der Waals surface area contributed by atoms with Gasteiger partial charge in [-0.3, -0.25) is 14.6 Å². The lowest BCUT2D eigenvalue weighted by Crippen LogP contribution is -2.63. The number of aryl methyl sites for hydroxylation is 1. The first-order valence-corrected chi connectivity index (χ1v) is 8.04. The molecule has 0 radical (unpaired) electrons. The van der Waals surface area contributed by atoms with Crippen molar-refractivity contribution in [3.8, 4) is 0 Å². The molecule has 1 fully saturated rings. The van der Waals surface area contributed by atoms with Crippen molar-refractivity contribution < 1.29 is 14.2 Å². The van der Waals surface area contributed by atoms with Crippen molar-refractivity contribution in [2.45, 2.75) is 46.7 Å². The molecule has 1 unspecified atom stereocenters. The van der Waals surface area contributed by atoms with Crippen molar-refractivity contribution in [2.24, 2.45) is 10.9 Å². The highest BCUT2D eigenvalue weighted by Crippen LogP contribution is 2.31. The molecule has 2 aliphatic heterocycles. The molecule has 0 aliphatic carbocycles. The quantitative estimate of drug-likeness (QED) is 0.798. The van der Waals surface area contributed by atoms with Gasteiger partial charge in [-0.25, -0.2) is 13.9 Å². The predicted molar refractivity (Wildman–Crippen MR) is 85.6 cm³/mol. The van der Waals surface area contributed by atoms with Crippen LogP contribution >= 0.6 is 0 Å². The second-order valence-electron chi connectivity index (χ2n) is 7.00. The van der Waals surface area contributed by atoms with Crippen molar-refractivity contribution >= 4 is 23.7 Å². The zero-order valence-corrected chi connectivity index (χ0v) is 14.6. The second kappa shape index (κ2) is 5.18. The standard InChI is InChI=1S/C16H24N5O2/c1-9(2)7-20-14(22)12-13(18(6)16(20)23)17-15-19(12)8-11(5)21(15)10(3)4/h8-10,12H,7H2,1-6H3/q+1. The number of hydrogen-bond acceptors (Lipinski definition) is 3. The minimum atomic E-state index is -0.537. The summed E-state index contributed by atoms with van der Waals surface area (Å²) in [6.07, 6.45) is 1.95. The highest BCUT2D eigenvalue weighted by atomic mass is 16.2. The van der Waals surface area contributed by atoms with Crippen LogP contribution in [0.2, 0.25) is 0 Å². The fourth-order valence-corrected chi connectivity index (χ4v) is 3.37. The summed E-state index contributed by atoms with van der Waals surface area (Å²) in [5, 5.41) is 0. The lowest BCUT2D eigenvalue weighted by molar-refractivity contribution is -0.677. The van der Waals surface area contributed by atoms with E-state index in [1.807, 2.05) is 31.5 Å². The summed E-state index contributed by atoms with van der Waals surface area (Å²) >= 11 is 0. The smallest absolute Gasteiger partial charge is 0.270 e. The lowest BCUT2D eigenvalue weighted by Gasteiger charge is -2.33. The van der Waals surface area contributed by atoms with Gasteiger partial charge in [0, 0.05) is 13.6 Å². The fourth-order valence-electron chi connectivity index (χ4n) is 3.37. The van der Waals surface area contributed by atoms with Gasteiger partial charge in [-0.05, 0) is 26.7 Å². The largest absolute Gasteiger partial charge is 0.402 e. The van der Waals surface area contributed by atoms with Crippen molar-refractivity contribution in [1.82, 2.24) is 14.4 Å². The first kappa shape index (κ1) is 15.7. The van der Waals surface area contributed by atoms with Crippen molar-refractivity contribution in [3.05, 3.63) is 11.9 Å². The predicted octanol–water partition coefficient (Wildman–Crippen LogP) is 1.80. The van der Waals surface area contributed by atoms with Gasteiger partial charge in [-0.1, -0.05) is 18.8 Å². The molecular weight excluding hydrogens is 294 g/mol. The van der Waals surface area contributed by atoms with Crippen LogP contribution in [0.3, 0.4) is 0 Å². The van der Waals surface area contributed by atoms with E-state index in [4.69, 9.17) is 0 Å². The van der Waals surface area contributed by atoms with Crippen LogP contribution in [0.1, 0.15) is 45.5 Å². The SMILES string of the molecule is Cc1c[n+]2c(n1C(C)C)N=C1C2C(=O)N(CC(C)C)C(=O)N1C. The number of rotatable bonds is 3. The van der Waals surface area contributed by atoms with Crippen LogP contribution < -0.4 is 4.57 Å². The number of hydrogen-bond donors (Lipinski definition) is 0. The van der Waals surface area contributed by atoms with Crippen LogP contribution in [-0.4, -0.2) is 45.7 Å². The topological polar surface area (TPSA) is 61.8 Å². The molecule has 1 aromatic heterocycles. The molecule has 0 bridgehead atoms. The average molecular weight is 318 g/mol. The van der Waals surface area contributed by atoms with Gasteiger partial charge in [0.15, 0.2) is 0 Å². The van der Waals surface area contributed by atoms with E-state index in [0.29, 0.717) is 12.4 Å². The molecule has 3 heterocycles. The van der Waals surface area contributed by atoms with Gasteiger partial charge in [0.05, 0.1) is 6.04 Å². The molecule has 0 N–H and O–H groups in total. The number of likely N-dealkylation sites (N-methyl/N-ethyl adjacent to an activating group) is 1. The van der Waals surface area contributed by atoms with Crippen molar-refractivity contribution in [2.75, 3.05) is 13.6 Å². The third kappa shape index (κ3) is 2.17. The number of aliphatic imine (C=N–C) groups is 1. The fraction of sp³-hybridized carbons (Fsp3) is 0.625. The number of carbonyl (C=O) groups is 2. The molecular formula is C16H24N5O2+. The summed E-state index contributed by atoms with van der Waals surface area (Å²) in [4.78, 5) is 32.9. The number of aromatic nitrogens is 2. The summed E-state index contributed by atoms with van der Waals surface area (Å²) < 4.78 is 3.98. The molecule has 0 saturated carbocycles. The van der Waals surface area contributed by atoms with Gasteiger partial charge in [-0.2, -0.15) is 0 Å². The Labute approximate surface area is 136 Å². The van der Waals surface area contributed by atoms with Gasteiger partial charge in [0.1, 0.15) is 11.9 Å². The third-order valence-corrected chi connectivity index (χ3v) is 4.32. The van der Waals surface area contributed by atoms with Gasteiger partial charge < -0.3 is 0 Å². The van der Waals surface area contributed by atoms with E-state index in [9.17, 15) is 9.59 Å². The minimum Gasteiger partial charge on any atom is -0.270 e. The van der Waals surface area contributed by atoms with E-state index in [1.54, 1.807) is 7.05 Å². The molecule has 1 atom stereocenters. The summed E-state index contributed by atoms with van der Waals surface area (Å²) in [6, 6.07) is -0.596. The van der Waals surface area contributed by atoms with E-state index in [2.05, 4.69) is 23.4 Å². The third-order valence-electron chi connectivity index (χ3n) is 4.32. The average Bonchev–Trinajstić information content (AvgIpc) is 2.95. The molecule has 0 aromatic carbocycles. The van der Waals surface area contributed by atoms with E-state index < -0.39 is 6.04 Å². The number of carbonyl (C=O) groups excluding carboxylic acids is 2. The Hall–Kier alpha value is -2.18. The number of amides is 3. The number of amidine groups is 1. The summed E-state index contributed by atoms with van der Waals surface area (Å²) in [5.74, 6) is 1.29. The van der Waals surface area contributed by atoms with Crippen LogP contribution in [0.5, 0.6) is 0 Å². The zero-order valence-electron chi connectivity index (χ0n) is 14.6. The molecule has 3 amide bonds. The molecule has 2 aliphatic rings. The summed E-state index contributed by atoms with van der Waals surface area (Å²) in [7, 11) is 1.69. The maximum absolute atomic E-state index is 12.9. The van der Waals surface area contributed by atoms with Gasteiger partial charge in [0.25, 0.3) is 5.91 Å². The van der Waals surface area contributed by atoms with E-state index in [0.717, 1.165) is 11.6 Å². The summed E-state index contributed by atoms with van der Waals surface area (Å²) in [6.45, 7) is 10.6. The number of nitrogens with zero attached hydrogens (tertiary/aromatic N) is 5. The zero-order chi connectivity index (χ0) is 17.0. The normalized spacial score (nSPS) is 20.5. The molecule has 1 saturated heterocycles. The van der Waals surface area contributed by atoms with Crippen LogP contribution in [-0.2, 0) is 4.79 Å². The van der Waals surface area contributed by atoms with Crippen LogP contribution in [0.25, 0.3) is 0 Å². The number of imide groups is 1. The van der Waals surface area contributed by atoms with Gasteiger partial charge in [0.2, 0.25) is 11.9 Å². The number of urea groups is 1. The monoisotopic (exact) mass is 318 g/mol. The Morgan fingerprint density at radius 1 is 1.26 bits per heavy atom. The molecule has 7 heteroatoms. The summed E-state index contributed by atoms with van der Waals surface area (Å²) in [5.41, 5.74) is 1.06. The maximum Gasteiger partial charge on any atom is 0.402 e. The van der Waals surface area contributed by atoms with E-state index >= 15 is 0 Å². The Kier molecular flexibility index (Phi) is 3.54. The molecule has 1 aromatic rings. The van der Waals surface area contributed by atoms with Crippen molar-refractivity contribution in [3.63, 3.8) is 0 Å². The molecule has 23 heavy (non-hydrogen) atoms. The molecule has 3 rings (SSSR count). The van der Waals surface area contributed by atoms with Crippen LogP contribution in [0.15, 0.2) is 11.2 Å². The Balaban J connectivity index is 2.09. The molecule has 124 valence electrons. The number of imidazole rings is 1. The Morgan fingerprint density at radius 3 is 2.48 bits per heavy atom. The minimum absolute atomic E-state index is 0.190. The van der Waals surface area contributed by atoms with Crippen LogP contribution in [0.4, 0.5) is 10.7 Å².